The number of ether oxygens (including phenoxy) is 1. The molecule has 0 atom stereocenters. The van der Waals surface area contributed by atoms with Gasteiger partial charge in [0.2, 0.25) is 0 Å². The average Bonchev–Trinajstić information content (AvgIpc) is 1.63. The molecule has 0 aliphatic carbocycles. The average molecular weight is 134 g/mol. The summed E-state index contributed by atoms with van der Waals surface area (Å²) in [4.78, 5) is 0. The zero-order valence-electron chi connectivity index (χ0n) is 5.16. The summed E-state index contributed by atoms with van der Waals surface area (Å²) in [7, 11) is 0. The summed E-state index contributed by atoms with van der Waals surface area (Å²) in [6.07, 6.45) is 1.96. The molecule has 0 bridgehead atoms. The highest BCUT2D eigenvalue weighted by Crippen LogP contribution is 2.12. The fourth-order valence-electron chi connectivity index (χ4n) is 0.289. The summed E-state index contributed by atoms with van der Waals surface area (Å²) in [6.45, 7) is 0.601. The molecule has 0 N–H and O–H groups in total. The van der Waals surface area contributed by atoms with E-state index >= 15 is 0 Å². The maximum Gasteiger partial charge on any atom is 0.352 e. The third kappa shape index (κ3) is 7.38. The van der Waals surface area contributed by atoms with Crippen molar-refractivity contribution in [1.29, 1.82) is 0 Å². The van der Waals surface area contributed by atoms with E-state index in [1.807, 2.05) is 0 Å². The third-order valence-corrected chi connectivity index (χ3v) is 0.602. The van der Waals surface area contributed by atoms with Gasteiger partial charge in [-0.1, -0.05) is 0 Å². The van der Waals surface area contributed by atoms with Crippen LogP contribution < -0.4 is 0 Å². The second kappa shape index (κ2) is 3.41. The van der Waals surface area contributed by atoms with Gasteiger partial charge in [-0.15, -0.1) is 12.3 Å². The highest BCUT2D eigenvalue weighted by atomic mass is 19.3. The molecule has 9 heavy (non-hydrogen) atoms. The first-order valence-electron chi connectivity index (χ1n) is 2.51. The Hall–Kier alpha value is -0.620. The van der Waals surface area contributed by atoms with Crippen molar-refractivity contribution < 1.29 is 13.5 Å². The van der Waals surface area contributed by atoms with Gasteiger partial charge in [-0.25, -0.2) is 0 Å². The van der Waals surface area contributed by atoms with Crippen LogP contribution in [0.25, 0.3) is 0 Å². The number of hydrogen-bond acceptors (Lipinski definition) is 1. The van der Waals surface area contributed by atoms with Gasteiger partial charge in [-0.3, -0.25) is 0 Å². The van der Waals surface area contributed by atoms with Gasteiger partial charge in [0.15, 0.2) is 0 Å². The van der Waals surface area contributed by atoms with Crippen LogP contribution in [0.4, 0.5) is 8.78 Å². The molecule has 0 saturated heterocycles. The first-order chi connectivity index (χ1) is 4.06. The summed E-state index contributed by atoms with van der Waals surface area (Å²) in [5.41, 5.74) is 0. The monoisotopic (exact) mass is 134 g/mol. The summed E-state index contributed by atoms with van der Waals surface area (Å²) in [5, 5.41) is 0. The molecule has 0 aliphatic rings. The second-order valence-corrected chi connectivity index (χ2v) is 1.61. The van der Waals surface area contributed by atoms with Crippen molar-refractivity contribution in [2.75, 3.05) is 6.61 Å². The molecule has 52 valence electrons. The molecule has 0 aliphatic heterocycles. The van der Waals surface area contributed by atoms with Crippen LogP contribution in [0, 0.1) is 12.3 Å². The molecule has 1 nitrogen and oxygen atoms in total. The number of hydrogen-bond donors (Lipinski definition) is 0. The standard InChI is InChI=1S/C6H8F2O/c1-3-4-5-9-6(2,7)8/h1H,4-5H2,2H3. The minimum absolute atomic E-state index is 0.0833. The van der Waals surface area contributed by atoms with Crippen LogP contribution in [0.2, 0.25) is 0 Å². The Morgan fingerprint density at radius 1 is 1.67 bits per heavy atom. The van der Waals surface area contributed by atoms with Crippen LogP contribution in [0.3, 0.4) is 0 Å². The smallest absolute Gasteiger partial charge is 0.320 e. The maximum absolute atomic E-state index is 11.8. The predicted molar refractivity (Wildman–Crippen MR) is 30.0 cm³/mol. The number of halogens is 2. The largest absolute Gasteiger partial charge is 0.352 e. The third-order valence-electron chi connectivity index (χ3n) is 0.602. The van der Waals surface area contributed by atoms with Gasteiger partial charge in [0.1, 0.15) is 0 Å². The van der Waals surface area contributed by atoms with Crippen LogP contribution in [-0.2, 0) is 4.74 Å². The zero-order valence-corrected chi connectivity index (χ0v) is 5.16. The van der Waals surface area contributed by atoms with Gasteiger partial charge in [0, 0.05) is 13.3 Å². The predicted octanol–water partition coefficient (Wildman–Crippen LogP) is 1.64. The first-order valence-corrected chi connectivity index (χ1v) is 2.51. The highest BCUT2D eigenvalue weighted by Gasteiger charge is 2.20. The van der Waals surface area contributed by atoms with E-state index in [4.69, 9.17) is 6.42 Å². The van der Waals surface area contributed by atoms with Crippen LogP contribution >= 0.6 is 0 Å². The van der Waals surface area contributed by atoms with Crippen LogP contribution in [0.15, 0.2) is 0 Å². The van der Waals surface area contributed by atoms with Gasteiger partial charge < -0.3 is 4.74 Å². The Kier molecular flexibility index (Phi) is 3.18. The maximum atomic E-state index is 11.8. The Morgan fingerprint density at radius 2 is 2.22 bits per heavy atom. The lowest BCUT2D eigenvalue weighted by atomic mass is 10.5. The summed E-state index contributed by atoms with van der Waals surface area (Å²) >= 11 is 0. The fraction of sp³-hybridized carbons (Fsp3) is 0.667. The molecule has 0 spiro atoms. The van der Waals surface area contributed by atoms with E-state index in [1.165, 1.54) is 0 Å². The van der Waals surface area contributed by atoms with Gasteiger partial charge >= 0.3 is 6.11 Å². The van der Waals surface area contributed by atoms with E-state index in [-0.39, 0.29) is 13.0 Å². The molecule has 3 heteroatoms. The number of terminal acetylenes is 1. The molecule has 0 amide bonds. The molecule has 0 heterocycles. The summed E-state index contributed by atoms with van der Waals surface area (Å²) < 4.78 is 27.5. The minimum atomic E-state index is -3.04. The van der Waals surface area contributed by atoms with E-state index in [0.717, 1.165) is 0 Å². The summed E-state index contributed by atoms with van der Waals surface area (Å²) in [6, 6.07) is 0. The van der Waals surface area contributed by atoms with Gasteiger partial charge in [-0.05, 0) is 0 Å². The topological polar surface area (TPSA) is 9.23 Å². The SMILES string of the molecule is C#CCCOC(C)(F)F. The summed E-state index contributed by atoms with van der Waals surface area (Å²) in [5.74, 6) is 2.18. The molecule has 0 aromatic carbocycles. The first kappa shape index (κ1) is 8.38. The fourth-order valence-corrected chi connectivity index (χ4v) is 0.289. The van der Waals surface area contributed by atoms with Crippen LogP contribution in [0.1, 0.15) is 13.3 Å². The normalized spacial score (nSPS) is 10.9. The molecule has 0 aromatic rings. The molecule has 0 fully saturated rings. The van der Waals surface area contributed by atoms with E-state index < -0.39 is 6.11 Å². The minimum Gasteiger partial charge on any atom is -0.320 e. The van der Waals surface area contributed by atoms with Crippen molar-refractivity contribution in [2.24, 2.45) is 0 Å². The number of alkyl halides is 2. The van der Waals surface area contributed by atoms with Crippen molar-refractivity contribution in [1.82, 2.24) is 0 Å². The van der Waals surface area contributed by atoms with Gasteiger partial charge in [0.25, 0.3) is 0 Å². The van der Waals surface area contributed by atoms with Gasteiger partial charge in [0.05, 0.1) is 6.61 Å². The number of rotatable bonds is 3. The molecular formula is C6H8F2O. The van der Waals surface area contributed by atoms with Gasteiger partial charge in [-0.2, -0.15) is 8.78 Å². The second-order valence-electron chi connectivity index (χ2n) is 1.61. The molecule has 0 rings (SSSR count). The highest BCUT2D eigenvalue weighted by molar-refractivity contribution is 4.82. The Bertz CT molecular complexity index is 109. The molecular weight excluding hydrogens is 126 g/mol. The Labute approximate surface area is 53.0 Å². The van der Waals surface area contributed by atoms with Crippen LogP contribution in [0.5, 0.6) is 0 Å². The molecule has 0 radical (unpaired) electrons. The van der Waals surface area contributed by atoms with Crippen molar-refractivity contribution in [3.05, 3.63) is 0 Å². The van der Waals surface area contributed by atoms with Crippen molar-refractivity contribution in [3.63, 3.8) is 0 Å². The molecule has 0 aromatic heterocycles. The Morgan fingerprint density at radius 3 is 2.56 bits per heavy atom. The van der Waals surface area contributed by atoms with E-state index in [2.05, 4.69) is 10.7 Å². The van der Waals surface area contributed by atoms with E-state index in [1.54, 1.807) is 0 Å². The van der Waals surface area contributed by atoms with Crippen molar-refractivity contribution in [3.8, 4) is 12.3 Å². The van der Waals surface area contributed by atoms with Crippen LogP contribution in [-0.4, -0.2) is 12.7 Å². The molecule has 0 unspecified atom stereocenters. The zero-order chi connectivity index (χ0) is 7.33. The van der Waals surface area contributed by atoms with E-state index in [0.29, 0.717) is 6.92 Å². The molecule has 0 saturated carbocycles. The Balaban J connectivity index is 3.20. The van der Waals surface area contributed by atoms with Crippen molar-refractivity contribution >= 4 is 0 Å². The quantitative estimate of drug-likeness (QED) is 0.421. The lowest BCUT2D eigenvalue weighted by Crippen LogP contribution is -2.15. The van der Waals surface area contributed by atoms with E-state index in [9.17, 15) is 8.78 Å². The lowest BCUT2D eigenvalue weighted by Gasteiger charge is -2.08. The van der Waals surface area contributed by atoms with Crippen molar-refractivity contribution in [2.45, 2.75) is 19.5 Å². The lowest BCUT2D eigenvalue weighted by molar-refractivity contribution is -0.222.